The van der Waals surface area contributed by atoms with Gasteiger partial charge in [0.1, 0.15) is 6.10 Å². The molecule has 0 bridgehead atoms. The lowest BCUT2D eigenvalue weighted by atomic mass is 9.65. The summed E-state index contributed by atoms with van der Waals surface area (Å²) in [6.45, 7) is 19.1. The van der Waals surface area contributed by atoms with E-state index < -0.39 is 5.41 Å². The number of esters is 1. The minimum Gasteiger partial charge on any atom is -0.461 e. The normalized spacial score (nSPS) is 22.3. The van der Waals surface area contributed by atoms with Gasteiger partial charge in [-0.2, -0.15) is 0 Å². The fourth-order valence-electron chi connectivity index (χ4n) is 8.03. The molecule has 0 aliphatic heterocycles. The number of rotatable bonds is 31. The number of aliphatic hydroxyl groups is 1. The molecule has 7 atom stereocenters. The fraction of sp³-hybridized carbons (Fsp3) is 0.679. The van der Waals surface area contributed by atoms with E-state index >= 15 is 0 Å². The molecule has 0 aromatic heterocycles. The lowest BCUT2D eigenvalue weighted by molar-refractivity contribution is -0.164. The smallest absolute Gasteiger partial charge is 0.311 e. The van der Waals surface area contributed by atoms with Crippen molar-refractivity contribution in [1.82, 2.24) is 5.32 Å². The molecule has 7 nitrogen and oxygen atoms in total. The van der Waals surface area contributed by atoms with Crippen LogP contribution in [0.2, 0.25) is 0 Å². The van der Waals surface area contributed by atoms with E-state index in [0.717, 1.165) is 102 Å². The highest BCUT2D eigenvalue weighted by Gasteiger charge is 2.42. The number of aliphatic imine (C=N–C) groups is 1. The van der Waals surface area contributed by atoms with Gasteiger partial charge in [-0.15, -0.1) is 0 Å². The highest BCUT2D eigenvalue weighted by Crippen LogP contribution is 2.45. The van der Waals surface area contributed by atoms with Gasteiger partial charge < -0.3 is 19.9 Å². The molecule has 0 saturated carbocycles. The monoisotopic (exact) mass is 831 g/mol. The third-order valence-electron chi connectivity index (χ3n) is 12.3. The molecule has 0 spiro atoms. The molecule has 7 unspecified atom stereocenters. The molecular formula is C53H86N2O5. The number of carbonyl (C=O) groups excluding carboxylic acids is 2. The zero-order chi connectivity index (χ0) is 44.0. The lowest BCUT2D eigenvalue weighted by Gasteiger charge is -2.44. The van der Waals surface area contributed by atoms with E-state index in [4.69, 9.17) is 14.5 Å². The number of nitrogens with one attached hydrogen (secondary N) is 1. The molecule has 0 fully saturated rings. The van der Waals surface area contributed by atoms with Crippen LogP contribution >= 0.6 is 0 Å². The molecule has 60 heavy (non-hydrogen) atoms. The predicted molar refractivity (Wildman–Crippen MR) is 254 cm³/mol. The number of hydrogen-bond donors (Lipinski definition) is 2. The third-order valence-corrected chi connectivity index (χ3v) is 12.3. The number of unbranched alkanes of at least 4 members (excludes halogenated alkanes) is 1. The lowest BCUT2D eigenvalue weighted by Crippen LogP contribution is -2.43. The zero-order valence-electron chi connectivity index (χ0n) is 39.2. The molecule has 0 aromatic rings. The summed E-state index contributed by atoms with van der Waals surface area (Å²) in [6, 6.07) is 0. The van der Waals surface area contributed by atoms with Crippen molar-refractivity contribution in [2.75, 3.05) is 26.3 Å². The predicted octanol–water partition coefficient (Wildman–Crippen LogP) is 12.6. The van der Waals surface area contributed by atoms with Gasteiger partial charge in [0.05, 0.1) is 31.3 Å². The van der Waals surface area contributed by atoms with E-state index in [0.29, 0.717) is 56.4 Å². The van der Waals surface area contributed by atoms with Gasteiger partial charge in [0.15, 0.2) is 0 Å². The van der Waals surface area contributed by atoms with Crippen molar-refractivity contribution in [3.63, 3.8) is 0 Å². The highest BCUT2D eigenvalue weighted by atomic mass is 16.5. The van der Waals surface area contributed by atoms with Gasteiger partial charge in [0.2, 0.25) is 5.91 Å². The Labute approximate surface area is 367 Å². The number of hydrogen-bond acceptors (Lipinski definition) is 6. The standard InChI is InChI=1S/C53H86N2O5/c1-9-12-13-14-15-16-17-18-19-20-21-22-23-24-25-26-27-28-50(57)55-36-38-59-37-35-54-44(6)30-31-45(10-2)41-47(56)33-34-48-43(5)29-32-46-39-42(4)40-49(51(46)48)60-52(58)53(7,8)11-3/h12-13,15-16,18-19,21-22,24-25,29,32,39,42-43,45,47-49,51,56H,9-11,14,17,20,23,26-28,30-31,33-38,40-41H2,1-8H3,(H,55,57). The maximum Gasteiger partial charge on any atom is 0.311 e. The van der Waals surface area contributed by atoms with Gasteiger partial charge in [-0.25, -0.2) is 0 Å². The first-order chi connectivity index (χ1) is 28.9. The molecule has 2 aliphatic carbocycles. The number of ether oxygens (including phenoxy) is 2. The summed E-state index contributed by atoms with van der Waals surface area (Å²) in [5.74, 6) is 1.68. The Balaban J connectivity index is 1.58. The quantitative estimate of drug-likeness (QED) is 0.0314. The Hall–Kier alpha value is -3.29. The number of carbonyl (C=O) groups is 2. The second-order valence-corrected chi connectivity index (χ2v) is 17.9. The first-order valence-corrected chi connectivity index (χ1v) is 23.8. The molecule has 0 saturated heterocycles. The van der Waals surface area contributed by atoms with Gasteiger partial charge in [-0.3, -0.25) is 14.6 Å². The van der Waals surface area contributed by atoms with E-state index in [1.807, 2.05) is 20.8 Å². The average molecular weight is 831 g/mol. The van der Waals surface area contributed by atoms with Crippen molar-refractivity contribution in [3.8, 4) is 0 Å². The van der Waals surface area contributed by atoms with Crippen LogP contribution in [0.25, 0.3) is 0 Å². The summed E-state index contributed by atoms with van der Waals surface area (Å²) in [5.41, 5.74) is 1.93. The maximum absolute atomic E-state index is 13.2. The van der Waals surface area contributed by atoms with Crippen molar-refractivity contribution in [1.29, 1.82) is 0 Å². The van der Waals surface area contributed by atoms with E-state index in [9.17, 15) is 14.7 Å². The highest BCUT2D eigenvalue weighted by molar-refractivity contribution is 5.81. The summed E-state index contributed by atoms with van der Waals surface area (Å²) < 4.78 is 12.0. The Kier molecular flexibility index (Phi) is 27.8. The van der Waals surface area contributed by atoms with E-state index in [1.165, 1.54) is 5.57 Å². The van der Waals surface area contributed by atoms with Crippen LogP contribution in [0.3, 0.4) is 0 Å². The SMILES string of the molecule is CCC=CCC=CCC=CCC=CCC=CCCCC(=O)NCCOCCN=C(C)CCC(CC)CC(O)CCC1C(C)C=CC2=CC(C)CC(OC(=O)C(C)(C)CC)C21. The first-order valence-electron chi connectivity index (χ1n) is 23.8. The van der Waals surface area contributed by atoms with Crippen LogP contribution in [0.4, 0.5) is 0 Å². The molecule has 338 valence electrons. The van der Waals surface area contributed by atoms with Gasteiger partial charge in [0.25, 0.3) is 0 Å². The van der Waals surface area contributed by atoms with Gasteiger partial charge in [-0.05, 0) is 140 Å². The molecule has 2 N–H and O–H groups in total. The number of nitrogens with zero attached hydrogens (tertiary/aromatic N) is 1. The Morgan fingerprint density at radius 2 is 1.57 bits per heavy atom. The summed E-state index contributed by atoms with van der Waals surface area (Å²) in [7, 11) is 0. The molecule has 7 heteroatoms. The Bertz CT molecular complexity index is 1450. The molecule has 0 heterocycles. The van der Waals surface area contributed by atoms with Crippen LogP contribution in [0.5, 0.6) is 0 Å². The second kappa shape index (κ2) is 31.5. The number of amides is 1. The number of allylic oxidation sites excluding steroid dienone is 13. The van der Waals surface area contributed by atoms with E-state index in [1.54, 1.807) is 0 Å². The van der Waals surface area contributed by atoms with Crippen LogP contribution in [0.15, 0.2) is 89.6 Å². The fourth-order valence-corrected chi connectivity index (χ4v) is 8.03. The second-order valence-electron chi connectivity index (χ2n) is 17.9. The Morgan fingerprint density at radius 3 is 2.20 bits per heavy atom. The molecular weight excluding hydrogens is 745 g/mol. The summed E-state index contributed by atoms with van der Waals surface area (Å²) in [5, 5.41) is 14.2. The summed E-state index contributed by atoms with van der Waals surface area (Å²) >= 11 is 0. The molecule has 0 aromatic carbocycles. The summed E-state index contributed by atoms with van der Waals surface area (Å²) in [6.07, 6.45) is 42.7. The minimum absolute atomic E-state index is 0.0734. The van der Waals surface area contributed by atoms with Crippen molar-refractivity contribution in [2.45, 2.75) is 170 Å². The van der Waals surface area contributed by atoms with Crippen LogP contribution in [0, 0.1) is 35.0 Å². The number of aliphatic hydroxyl groups excluding tert-OH is 1. The first kappa shape index (κ1) is 52.8. The molecule has 2 aliphatic rings. The summed E-state index contributed by atoms with van der Waals surface area (Å²) in [4.78, 5) is 30.1. The van der Waals surface area contributed by atoms with Crippen molar-refractivity contribution in [3.05, 3.63) is 84.6 Å². The van der Waals surface area contributed by atoms with E-state index in [-0.39, 0.29) is 30.0 Å². The third kappa shape index (κ3) is 22.5. The van der Waals surface area contributed by atoms with Crippen molar-refractivity contribution < 1.29 is 24.2 Å². The largest absolute Gasteiger partial charge is 0.461 e. The van der Waals surface area contributed by atoms with Crippen LogP contribution in [-0.2, 0) is 19.1 Å². The van der Waals surface area contributed by atoms with Gasteiger partial charge in [-0.1, -0.05) is 120 Å². The van der Waals surface area contributed by atoms with Gasteiger partial charge in [0, 0.05) is 24.6 Å². The number of fused-ring (bicyclic) bond motifs is 1. The zero-order valence-corrected chi connectivity index (χ0v) is 39.2. The van der Waals surface area contributed by atoms with Crippen LogP contribution in [0.1, 0.15) is 158 Å². The topological polar surface area (TPSA) is 97.2 Å². The van der Waals surface area contributed by atoms with Crippen LogP contribution < -0.4 is 5.32 Å². The average Bonchev–Trinajstić information content (AvgIpc) is 3.22. The molecule has 0 radical (unpaired) electrons. The van der Waals surface area contributed by atoms with E-state index in [2.05, 4.69) is 119 Å². The van der Waals surface area contributed by atoms with Gasteiger partial charge >= 0.3 is 5.97 Å². The minimum atomic E-state index is -0.488. The molecule has 2 rings (SSSR count). The maximum atomic E-state index is 13.2. The van der Waals surface area contributed by atoms with Crippen LogP contribution in [-0.4, -0.2) is 61.2 Å². The van der Waals surface area contributed by atoms with Crippen molar-refractivity contribution in [2.24, 2.45) is 40.0 Å². The Morgan fingerprint density at radius 1 is 0.917 bits per heavy atom. The van der Waals surface area contributed by atoms with Crippen molar-refractivity contribution >= 4 is 17.6 Å². The molecule has 1 amide bonds.